The number of rotatable bonds is 5. The molecule has 1 N–H and O–H groups in total. The van der Waals surface area contributed by atoms with E-state index in [0.717, 1.165) is 28.2 Å². The molecular formula is C14H19N3OS2. The molecule has 0 saturated heterocycles. The summed E-state index contributed by atoms with van der Waals surface area (Å²) in [5, 5.41) is 4.76. The molecule has 2 heterocycles. The molecule has 2 aromatic heterocycles. The summed E-state index contributed by atoms with van der Waals surface area (Å²) < 4.78 is 0. The first-order chi connectivity index (χ1) is 9.54. The van der Waals surface area contributed by atoms with Gasteiger partial charge in [-0.05, 0) is 32.8 Å². The summed E-state index contributed by atoms with van der Waals surface area (Å²) in [6.07, 6.45) is 2.53. The zero-order chi connectivity index (χ0) is 14.7. The molecule has 0 spiro atoms. The molecule has 0 unspecified atom stereocenters. The Morgan fingerprint density at radius 3 is 2.90 bits per heavy atom. The van der Waals surface area contributed by atoms with Gasteiger partial charge in [0.25, 0.3) is 0 Å². The van der Waals surface area contributed by atoms with Crippen LogP contribution < -0.4 is 5.32 Å². The van der Waals surface area contributed by atoms with Crippen molar-refractivity contribution in [2.75, 3.05) is 6.54 Å². The quantitative estimate of drug-likeness (QED) is 0.680. The zero-order valence-electron chi connectivity index (χ0n) is 12.2. The number of aromatic nitrogens is 2. The molecule has 6 heteroatoms. The minimum absolute atomic E-state index is 0.0632. The Morgan fingerprint density at radius 2 is 2.20 bits per heavy atom. The number of fused-ring (bicyclic) bond motifs is 1. The molecule has 0 aliphatic carbocycles. The number of thiophene rings is 1. The highest BCUT2D eigenvalue weighted by Gasteiger charge is 2.18. The predicted octanol–water partition coefficient (Wildman–Crippen LogP) is 3.31. The van der Waals surface area contributed by atoms with Gasteiger partial charge in [-0.25, -0.2) is 9.97 Å². The first-order valence-corrected chi connectivity index (χ1v) is 8.39. The van der Waals surface area contributed by atoms with Crippen molar-refractivity contribution >= 4 is 39.2 Å². The Kier molecular flexibility index (Phi) is 4.99. The van der Waals surface area contributed by atoms with E-state index in [0.29, 0.717) is 0 Å². The van der Waals surface area contributed by atoms with Crippen LogP contribution in [0.15, 0.2) is 11.4 Å². The van der Waals surface area contributed by atoms with Crippen molar-refractivity contribution in [3.05, 3.63) is 16.8 Å². The van der Waals surface area contributed by atoms with Crippen LogP contribution in [0.4, 0.5) is 0 Å². The van der Waals surface area contributed by atoms with Gasteiger partial charge in [-0.2, -0.15) is 0 Å². The Morgan fingerprint density at radius 1 is 1.45 bits per heavy atom. The third kappa shape index (κ3) is 3.12. The molecule has 0 saturated carbocycles. The second-order valence-corrected chi connectivity index (χ2v) is 7.23. The molecule has 0 fully saturated rings. The maximum atomic E-state index is 12.0. The Labute approximate surface area is 127 Å². The normalized spacial score (nSPS) is 12.6. The van der Waals surface area contributed by atoms with Crippen LogP contribution in [0.1, 0.15) is 30.7 Å². The highest BCUT2D eigenvalue weighted by Crippen LogP contribution is 2.35. The topological polar surface area (TPSA) is 54.9 Å². The van der Waals surface area contributed by atoms with Gasteiger partial charge in [0, 0.05) is 16.8 Å². The smallest absolute Gasteiger partial charge is 0.233 e. The number of nitrogens with one attached hydrogen (secondary N) is 1. The van der Waals surface area contributed by atoms with E-state index in [4.69, 9.17) is 0 Å². The van der Waals surface area contributed by atoms with E-state index in [1.165, 1.54) is 22.2 Å². The van der Waals surface area contributed by atoms with Crippen LogP contribution in [-0.2, 0) is 4.79 Å². The molecule has 4 nitrogen and oxygen atoms in total. The van der Waals surface area contributed by atoms with Gasteiger partial charge in [-0.3, -0.25) is 4.79 Å². The molecule has 0 bridgehead atoms. The number of hydrogen-bond acceptors (Lipinski definition) is 5. The molecule has 1 atom stereocenters. The SMILES string of the molecule is CCCNC(=O)[C@H](C)Sc1ncnc2sc(C)c(C)c12. The van der Waals surface area contributed by atoms with Crippen molar-refractivity contribution in [1.29, 1.82) is 0 Å². The number of thioether (sulfide) groups is 1. The molecule has 0 aliphatic rings. The summed E-state index contributed by atoms with van der Waals surface area (Å²) in [5.41, 5.74) is 1.22. The largest absolute Gasteiger partial charge is 0.355 e. The van der Waals surface area contributed by atoms with Gasteiger partial charge in [0.15, 0.2) is 0 Å². The lowest BCUT2D eigenvalue weighted by Gasteiger charge is -2.11. The second-order valence-electron chi connectivity index (χ2n) is 4.69. The molecule has 108 valence electrons. The van der Waals surface area contributed by atoms with Gasteiger partial charge in [-0.1, -0.05) is 18.7 Å². The van der Waals surface area contributed by atoms with Gasteiger partial charge in [-0.15, -0.1) is 11.3 Å². The van der Waals surface area contributed by atoms with Crippen LogP contribution in [0.2, 0.25) is 0 Å². The van der Waals surface area contributed by atoms with Crippen molar-refractivity contribution in [2.45, 2.75) is 44.4 Å². The van der Waals surface area contributed by atoms with E-state index in [9.17, 15) is 4.79 Å². The standard InChI is InChI=1S/C14H19N3OS2/c1-5-6-15-12(18)10(4)20-14-11-8(2)9(3)19-13(11)16-7-17-14/h7,10H,5-6H2,1-4H3,(H,15,18)/t10-/m0/s1. The van der Waals surface area contributed by atoms with Crippen molar-refractivity contribution in [3.63, 3.8) is 0 Å². The summed E-state index contributed by atoms with van der Waals surface area (Å²) in [6.45, 7) is 8.86. The lowest BCUT2D eigenvalue weighted by atomic mass is 10.2. The third-order valence-corrected chi connectivity index (χ3v) is 5.35. The predicted molar refractivity (Wildman–Crippen MR) is 85.5 cm³/mol. The van der Waals surface area contributed by atoms with Crippen LogP contribution in [0.5, 0.6) is 0 Å². The third-order valence-electron chi connectivity index (χ3n) is 3.14. The van der Waals surface area contributed by atoms with Gasteiger partial charge in [0.1, 0.15) is 16.2 Å². The number of nitrogens with zero attached hydrogens (tertiary/aromatic N) is 2. The fraction of sp³-hybridized carbons (Fsp3) is 0.500. The van der Waals surface area contributed by atoms with E-state index in [1.54, 1.807) is 17.7 Å². The van der Waals surface area contributed by atoms with Gasteiger partial charge >= 0.3 is 0 Å². The van der Waals surface area contributed by atoms with Crippen LogP contribution in [0.25, 0.3) is 10.2 Å². The first-order valence-electron chi connectivity index (χ1n) is 6.69. The van der Waals surface area contributed by atoms with Gasteiger partial charge in [0.2, 0.25) is 5.91 Å². The summed E-state index contributed by atoms with van der Waals surface area (Å²) in [5.74, 6) is 0.0632. The highest BCUT2D eigenvalue weighted by atomic mass is 32.2. The zero-order valence-corrected chi connectivity index (χ0v) is 13.8. The van der Waals surface area contributed by atoms with Crippen molar-refractivity contribution < 1.29 is 4.79 Å². The average Bonchev–Trinajstić information content (AvgIpc) is 2.72. The first kappa shape index (κ1) is 15.3. The van der Waals surface area contributed by atoms with Crippen LogP contribution in [0.3, 0.4) is 0 Å². The molecule has 0 aromatic carbocycles. The van der Waals surface area contributed by atoms with Crippen LogP contribution >= 0.6 is 23.1 Å². The monoisotopic (exact) mass is 309 g/mol. The molecule has 2 rings (SSSR count). The maximum absolute atomic E-state index is 12.0. The molecular weight excluding hydrogens is 290 g/mol. The van der Waals surface area contributed by atoms with Crippen molar-refractivity contribution in [1.82, 2.24) is 15.3 Å². The number of carbonyl (C=O) groups is 1. The fourth-order valence-corrected chi connectivity index (χ4v) is 3.91. The van der Waals surface area contributed by atoms with Crippen molar-refractivity contribution in [2.24, 2.45) is 0 Å². The van der Waals surface area contributed by atoms with E-state index >= 15 is 0 Å². The summed E-state index contributed by atoms with van der Waals surface area (Å²) in [4.78, 5) is 22.9. The van der Waals surface area contributed by atoms with E-state index in [2.05, 4.69) is 29.1 Å². The number of hydrogen-bond donors (Lipinski definition) is 1. The van der Waals surface area contributed by atoms with Crippen LogP contribution in [0, 0.1) is 13.8 Å². The molecule has 0 radical (unpaired) electrons. The lowest BCUT2D eigenvalue weighted by molar-refractivity contribution is -0.120. The van der Waals surface area contributed by atoms with Crippen LogP contribution in [-0.4, -0.2) is 27.7 Å². The molecule has 0 aliphatic heterocycles. The highest BCUT2D eigenvalue weighted by molar-refractivity contribution is 8.00. The summed E-state index contributed by atoms with van der Waals surface area (Å²) in [7, 11) is 0. The van der Waals surface area contributed by atoms with Gasteiger partial charge < -0.3 is 5.32 Å². The lowest BCUT2D eigenvalue weighted by Crippen LogP contribution is -2.31. The summed E-state index contributed by atoms with van der Waals surface area (Å²) in [6, 6.07) is 0. The van der Waals surface area contributed by atoms with E-state index in [-0.39, 0.29) is 11.2 Å². The molecule has 20 heavy (non-hydrogen) atoms. The number of aryl methyl sites for hydroxylation is 2. The maximum Gasteiger partial charge on any atom is 0.233 e. The molecule has 2 aromatic rings. The minimum atomic E-state index is -0.153. The molecule has 1 amide bonds. The second kappa shape index (κ2) is 6.54. The number of amides is 1. The Hall–Kier alpha value is -1.14. The van der Waals surface area contributed by atoms with E-state index < -0.39 is 0 Å². The van der Waals surface area contributed by atoms with Gasteiger partial charge in [0.05, 0.1) is 5.25 Å². The summed E-state index contributed by atoms with van der Waals surface area (Å²) >= 11 is 3.18. The fourth-order valence-electron chi connectivity index (χ4n) is 1.85. The Balaban J connectivity index is 2.23. The average molecular weight is 309 g/mol. The Bertz CT molecular complexity index is 624. The number of carbonyl (C=O) groups excluding carboxylic acids is 1. The van der Waals surface area contributed by atoms with E-state index in [1.807, 2.05) is 13.8 Å². The van der Waals surface area contributed by atoms with Crippen molar-refractivity contribution in [3.8, 4) is 0 Å². The minimum Gasteiger partial charge on any atom is -0.355 e.